The molecule has 5 nitrogen and oxygen atoms in total. The highest BCUT2D eigenvalue weighted by Crippen LogP contribution is 2.32. The third-order valence-electron chi connectivity index (χ3n) is 4.95. The normalized spacial score (nSPS) is 26.5. The van der Waals surface area contributed by atoms with Crippen LogP contribution in [0.15, 0.2) is 30.3 Å². The molecule has 3 rings (SSSR count). The Kier molecular flexibility index (Phi) is 4.39. The lowest BCUT2D eigenvalue weighted by atomic mass is 9.97. The average Bonchev–Trinajstić information content (AvgIpc) is 3.04. The Bertz CT molecular complexity index is 581. The van der Waals surface area contributed by atoms with Crippen LogP contribution in [0.2, 0.25) is 0 Å². The van der Waals surface area contributed by atoms with Crippen molar-refractivity contribution in [1.29, 1.82) is 0 Å². The molecule has 2 amide bonds. The number of aliphatic hydroxyl groups is 1. The molecule has 5 heteroatoms. The molecule has 1 heterocycles. The van der Waals surface area contributed by atoms with Gasteiger partial charge in [0.25, 0.3) is 0 Å². The van der Waals surface area contributed by atoms with Crippen molar-refractivity contribution in [3.63, 3.8) is 0 Å². The minimum absolute atomic E-state index is 0.0461. The molecule has 23 heavy (non-hydrogen) atoms. The van der Waals surface area contributed by atoms with Gasteiger partial charge in [0.15, 0.2) is 0 Å². The van der Waals surface area contributed by atoms with Crippen molar-refractivity contribution < 1.29 is 14.7 Å². The molecule has 1 saturated heterocycles. The number of carbonyl (C=O) groups excluding carboxylic acids is 2. The molecule has 2 N–H and O–H groups in total. The number of rotatable bonds is 4. The smallest absolute Gasteiger partial charge is 0.249 e. The molecular formula is C18H24N2O3. The van der Waals surface area contributed by atoms with Crippen molar-refractivity contribution in [2.45, 2.75) is 63.1 Å². The molecule has 124 valence electrons. The van der Waals surface area contributed by atoms with Crippen LogP contribution in [-0.4, -0.2) is 34.6 Å². The zero-order valence-electron chi connectivity index (χ0n) is 13.5. The summed E-state index contributed by atoms with van der Waals surface area (Å²) in [6, 6.07) is 9.07. The second-order valence-electron chi connectivity index (χ2n) is 6.86. The van der Waals surface area contributed by atoms with Gasteiger partial charge in [0.05, 0.1) is 12.0 Å². The maximum atomic E-state index is 12.6. The summed E-state index contributed by atoms with van der Waals surface area (Å²) < 4.78 is 0. The van der Waals surface area contributed by atoms with Crippen LogP contribution in [0.4, 0.5) is 5.69 Å². The first-order chi connectivity index (χ1) is 11.0. The Morgan fingerprint density at radius 3 is 2.61 bits per heavy atom. The molecule has 0 spiro atoms. The zero-order valence-corrected chi connectivity index (χ0v) is 13.5. The standard InChI is InChI=1S/C18H24N2O3/c1-13-11-15(17(22)20(13)14-7-3-2-4-8-14)19-16(21)12-18(23)9-5-6-10-18/h2-4,7-8,13,15,23H,5-6,9-12H2,1H3,(H,19,21). The third-order valence-corrected chi connectivity index (χ3v) is 4.95. The molecule has 2 atom stereocenters. The lowest BCUT2D eigenvalue weighted by molar-refractivity contribution is -0.129. The minimum Gasteiger partial charge on any atom is -0.389 e. The summed E-state index contributed by atoms with van der Waals surface area (Å²) in [6.45, 7) is 1.99. The van der Waals surface area contributed by atoms with E-state index in [1.54, 1.807) is 4.90 Å². The van der Waals surface area contributed by atoms with Crippen molar-refractivity contribution in [1.82, 2.24) is 5.32 Å². The van der Waals surface area contributed by atoms with Gasteiger partial charge in [0, 0.05) is 11.7 Å². The van der Waals surface area contributed by atoms with Crippen LogP contribution in [0, 0.1) is 0 Å². The lowest BCUT2D eigenvalue weighted by Crippen LogP contribution is -2.44. The van der Waals surface area contributed by atoms with Gasteiger partial charge >= 0.3 is 0 Å². The van der Waals surface area contributed by atoms with Crippen LogP contribution in [-0.2, 0) is 9.59 Å². The maximum absolute atomic E-state index is 12.6. The van der Waals surface area contributed by atoms with E-state index in [2.05, 4.69) is 5.32 Å². The van der Waals surface area contributed by atoms with E-state index in [-0.39, 0.29) is 24.3 Å². The highest BCUT2D eigenvalue weighted by Gasteiger charge is 2.40. The quantitative estimate of drug-likeness (QED) is 0.892. The number of amides is 2. The predicted molar refractivity (Wildman–Crippen MR) is 88.0 cm³/mol. The lowest BCUT2D eigenvalue weighted by Gasteiger charge is -2.23. The van der Waals surface area contributed by atoms with Gasteiger partial charge in [-0.25, -0.2) is 0 Å². The highest BCUT2D eigenvalue weighted by molar-refractivity contribution is 6.02. The van der Waals surface area contributed by atoms with Gasteiger partial charge in [0.2, 0.25) is 11.8 Å². The minimum atomic E-state index is -0.879. The van der Waals surface area contributed by atoms with Crippen molar-refractivity contribution in [3.8, 4) is 0 Å². The van der Waals surface area contributed by atoms with Crippen LogP contribution in [0.3, 0.4) is 0 Å². The van der Waals surface area contributed by atoms with E-state index >= 15 is 0 Å². The summed E-state index contributed by atoms with van der Waals surface area (Å²) in [7, 11) is 0. The van der Waals surface area contributed by atoms with Crippen molar-refractivity contribution in [2.75, 3.05) is 4.90 Å². The summed E-state index contributed by atoms with van der Waals surface area (Å²) in [5.74, 6) is -0.301. The predicted octanol–water partition coefficient (Wildman–Crippen LogP) is 1.99. The second-order valence-corrected chi connectivity index (χ2v) is 6.86. The largest absolute Gasteiger partial charge is 0.389 e. The fraction of sp³-hybridized carbons (Fsp3) is 0.556. The topological polar surface area (TPSA) is 69.6 Å². The molecule has 0 radical (unpaired) electrons. The Balaban J connectivity index is 1.63. The Labute approximate surface area is 136 Å². The van der Waals surface area contributed by atoms with Gasteiger partial charge < -0.3 is 15.3 Å². The molecule has 0 bridgehead atoms. The van der Waals surface area contributed by atoms with Gasteiger partial charge in [-0.05, 0) is 38.3 Å². The van der Waals surface area contributed by atoms with Gasteiger partial charge in [-0.1, -0.05) is 31.0 Å². The van der Waals surface area contributed by atoms with E-state index < -0.39 is 11.6 Å². The molecule has 2 aliphatic rings. The molecule has 2 fully saturated rings. The molecule has 1 saturated carbocycles. The molecule has 1 aromatic rings. The molecular weight excluding hydrogens is 292 g/mol. The Morgan fingerprint density at radius 1 is 1.30 bits per heavy atom. The van der Waals surface area contributed by atoms with Gasteiger partial charge in [-0.3, -0.25) is 9.59 Å². The van der Waals surface area contributed by atoms with Gasteiger partial charge in [0.1, 0.15) is 6.04 Å². The number of anilines is 1. The molecule has 1 aliphatic heterocycles. The van der Waals surface area contributed by atoms with Crippen molar-refractivity contribution in [2.24, 2.45) is 0 Å². The van der Waals surface area contributed by atoms with Gasteiger partial charge in [-0.15, -0.1) is 0 Å². The van der Waals surface area contributed by atoms with E-state index in [4.69, 9.17) is 0 Å². The van der Waals surface area contributed by atoms with E-state index in [0.717, 1.165) is 18.5 Å². The number of nitrogens with zero attached hydrogens (tertiary/aromatic N) is 1. The fourth-order valence-corrected chi connectivity index (χ4v) is 3.78. The van der Waals surface area contributed by atoms with E-state index in [0.29, 0.717) is 19.3 Å². The Morgan fingerprint density at radius 2 is 1.96 bits per heavy atom. The number of hydrogen-bond donors (Lipinski definition) is 2. The molecule has 1 aliphatic carbocycles. The highest BCUT2D eigenvalue weighted by atomic mass is 16.3. The summed E-state index contributed by atoms with van der Waals surface area (Å²) in [4.78, 5) is 26.6. The summed E-state index contributed by atoms with van der Waals surface area (Å²) in [5, 5.41) is 13.1. The number of benzene rings is 1. The van der Waals surface area contributed by atoms with Gasteiger partial charge in [-0.2, -0.15) is 0 Å². The fourth-order valence-electron chi connectivity index (χ4n) is 3.78. The molecule has 1 aromatic carbocycles. The first-order valence-corrected chi connectivity index (χ1v) is 8.38. The van der Waals surface area contributed by atoms with Crippen molar-refractivity contribution in [3.05, 3.63) is 30.3 Å². The van der Waals surface area contributed by atoms with E-state index in [1.807, 2.05) is 37.3 Å². The van der Waals surface area contributed by atoms with E-state index in [1.165, 1.54) is 0 Å². The Hall–Kier alpha value is -1.88. The first kappa shape index (κ1) is 16.0. The third kappa shape index (κ3) is 3.39. The zero-order chi connectivity index (χ0) is 16.4. The molecule has 0 aromatic heterocycles. The van der Waals surface area contributed by atoms with Crippen molar-refractivity contribution >= 4 is 17.5 Å². The van der Waals surface area contributed by atoms with Crippen LogP contribution < -0.4 is 10.2 Å². The average molecular weight is 316 g/mol. The first-order valence-electron chi connectivity index (χ1n) is 8.38. The monoisotopic (exact) mass is 316 g/mol. The molecule has 2 unspecified atom stereocenters. The maximum Gasteiger partial charge on any atom is 0.249 e. The van der Waals surface area contributed by atoms with E-state index in [9.17, 15) is 14.7 Å². The number of nitrogens with one attached hydrogen (secondary N) is 1. The number of para-hydroxylation sites is 1. The van der Waals surface area contributed by atoms with Crippen LogP contribution in [0.5, 0.6) is 0 Å². The summed E-state index contributed by atoms with van der Waals surface area (Å²) >= 11 is 0. The number of hydrogen-bond acceptors (Lipinski definition) is 3. The summed E-state index contributed by atoms with van der Waals surface area (Å²) in [5.41, 5.74) is -0.0209. The number of carbonyl (C=O) groups is 2. The van der Waals surface area contributed by atoms with Crippen LogP contribution in [0.25, 0.3) is 0 Å². The van der Waals surface area contributed by atoms with Crippen LogP contribution in [0.1, 0.15) is 45.4 Å². The SMILES string of the molecule is CC1CC(NC(=O)CC2(O)CCCC2)C(=O)N1c1ccccc1. The summed E-state index contributed by atoms with van der Waals surface area (Å²) in [6.07, 6.45) is 3.96. The van der Waals surface area contributed by atoms with Crippen LogP contribution >= 0.6 is 0 Å². The second kappa shape index (κ2) is 6.32.